The number of nitrogen functional groups attached to an aromatic ring is 1. The lowest BCUT2D eigenvalue weighted by atomic mass is 10.3. The molecule has 5 heteroatoms. The van der Waals surface area contributed by atoms with Gasteiger partial charge < -0.3 is 15.2 Å². The van der Waals surface area contributed by atoms with Gasteiger partial charge in [0, 0.05) is 24.4 Å². The monoisotopic (exact) mass is 273 g/mol. The fraction of sp³-hybridized carbons (Fsp3) is 0.333. The second-order valence-corrected chi connectivity index (χ2v) is 4.63. The molecule has 0 spiro atoms. The van der Waals surface area contributed by atoms with Crippen LogP contribution in [0.1, 0.15) is 19.5 Å². The first-order valence-corrected chi connectivity index (χ1v) is 6.61. The van der Waals surface area contributed by atoms with Crippen LogP contribution in [0.5, 0.6) is 11.8 Å². The van der Waals surface area contributed by atoms with E-state index < -0.39 is 0 Å². The molecule has 0 atom stereocenters. The minimum atomic E-state index is 0.0218. The zero-order valence-corrected chi connectivity index (χ0v) is 11.7. The molecule has 0 aliphatic carbocycles. The molecule has 2 heterocycles. The number of rotatable bonds is 6. The van der Waals surface area contributed by atoms with Gasteiger partial charge in [-0.1, -0.05) is 6.07 Å². The van der Waals surface area contributed by atoms with E-state index in [4.69, 9.17) is 15.2 Å². The average molecular weight is 273 g/mol. The zero-order chi connectivity index (χ0) is 14.4. The molecule has 2 rings (SSSR count). The van der Waals surface area contributed by atoms with Crippen LogP contribution < -0.4 is 15.2 Å². The van der Waals surface area contributed by atoms with Gasteiger partial charge in [0.2, 0.25) is 11.8 Å². The number of nitrogens with two attached hydrogens (primary N) is 1. The molecule has 0 aliphatic rings. The van der Waals surface area contributed by atoms with Crippen LogP contribution in [0.4, 0.5) is 5.69 Å². The van der Waals surface area contributed by atoms with Crippen molar-refractivity contribution < 1.29 is 9.47 Å². The highest BCUT2D eigenvalue weighted by atomic mass is 16.5. The fourth-order valence-electron chi connectivity index (χ4n) is 1.64. The number of aromatic nitrogens is 2. The highest BCUT2D eigenvalue weighted by Crippen LogP contribution is 2.23. The molecule has 2 N–H and O–H groups in total. The van der Waals surface area contributed by atoms with E-state index in [2.05, 4.69) is 9.97 Å². The average Bonchev–Trinajstić information content (AvgIpc) is 2.43. The van der Waals surface area contributed by atoms with Crippen LogP contribution in [0.3, 0.4) is 0 Å². The standard InChI is InChI=1S/C15H19N3O2/c1-11(2)20-15-13(16)6-7-14(18-15)19-10-8-12-5-3-4-9-17-12/h3-7,9,11H,8,10,16H2,1-2H3. The van der Waals surface area contributed by atoms with Crippen molar-refractivity contribution in [3.8, 4) is 11.8 Å². The third-order valence-corrected chi connectivity index (χ3v) is 2.55. The fourth-order valence-corrected chi connectivity index (χ4v) is 1.64. The van der Waals surface area contributed by atoms with Crippen molar-refractivity contribution in [2.24, 2.45) is 0 Å². The second kappa shape index (κ2) is 6.75. The van der Waals surface area contributed by atoms with Gasteiger partial charge in [0.25, 0.3) is 0 Å². The molecule has 0 saturated heterocycles. The van der Waals surface area contributed by atoms with E-state index in [1.807, 2.05) is 32.0 Å². The van der Waals surface area contributed by atoms with Crippen LogP contribution in [-0.4, -0.2) is 22.7 Å². The van der Waals surface area contributed by atoms with Crippen molar-refractivity contribution in [2.45, 2.75) is 26.4 Å². The summed E-state index contributed by atoms with van der Waals surface area (Å²) in [6.45, 7) is 4.36. The highest BCUT2D eigenvalue weighted by Gasteiger charge is 2.07. The van der Waals surface area contributed by atoms with Crippen LogP contribution in [0.15, 0.2) is 36.5 Å². The normalized spacial score (nSPS) is 10.6. The van der Waals surface area contributed by atoms with Crippen molar-refractivity contribution in [3.05, 3.63) is 42.2 Å². The van der Waals surface area contributed by atoms with Crippen LogP contribution in [0.2, 0.25) is 0 Å². The number of pyridine rings is 2. The molecule has 0 aromatic carbocycles. The van der Waals surface area contributed by atoms with Crippen LogP contribution in [-0.2, 0) is 6.42 Å². The molecule has 106 valence electrons. The Morgan fingerprint density at radius 1 is 1.20 bits per heavy atom. The summed E-state index contributed by atoms with van der Waals surface area (Å²) < 4.78 is 11.1. The van der Waals surface area contributed by atoms with Gasteiger partial charge in [-0.2, -0.15) is 4.98 Å². The minimum absolute atomic E-state index is 0.0218. The molecule has 0 bridgehead atoms. The Balaban J connectivity index is 1.93. The number of ether oxygens (including phenoxy) is 2. The Bertz CT molecular complexity index is 544. The summed E-state index contributed by atoms with van der Waals surface area (Å²) in [5.74, 6) is 0.918. The summed E-state index contributed by atoms with van der Waals surface area (Å²) >= 11 is 0. The van der Waals surface area contributed by atoms with Gasteiger partial charge in [0.15, 0.2) is 0 Å². The summed E-state index contributed by atoms with van der Waals surface area (Å²) in [4.78, 5) is 8.49. The van der Waals surface area contributed by atoms with Crippen molar-refractivity contribution in [3.63, 3.8) is 0 Å². The Hall–Kier alpha value is -2.30. The maximum absolute atomic E-state index is 5.80. The number of nitrogens with zero attached hydrogens (tertiary/aromatic N) is 2. The summed E-state index contributed by atoms with van der Waals surface area (Å²) in [6, 6.07) is 9.29. The zero-order valence-electron chi connectivity index (χ0n) is 11.7. The first kappa shape index (κ1) is 14.1. The lowest BCUT2D eigenvalue weighted by molar-refractivity contribution is 0.228. The molecule has 0 saturated carbocycles. The van der Waals surface area contributed by atoms with Crippen molar-refractivity contribution in [1.29, 1.82) is 0 Å². The van der Waals surface area contributed by atoms with Crippen molar-refractivity contribution in [2.75, 3.05) is 12.3 Å². The van der Waals surface area contributed by atoms with Gasteiger partial charge in [-0.3, -0.25) is 4.98 Å². The van der Waals surface area contributed by atoms with E-state index in [0.717, 1.165) is 12.1 Å². The first-order valence-electron chi connectivity index (χ1n) is 6.61. The van der Waals surface area contributed by atoms with Gasteiger partial charge in [-0.25, -0.2) is 0 Å². The minimum Gasteiger partial charge on any atom is -0.477 e. The Labute approximate surface area is 118 Å². The first-order chi connectivity index (χ1) is 9.65. The Morgan fingerprint density at radius 3 is 2.75 bits per heavy atom. The van der Waals surface area contributed by atoms with Gasteiger partial charge in [0.1, 0.15) is 0 Å². The van der Waals surface area contributed by atoms with Gasteiger partial charge in [0.05, 0.1) is 18.4 Å². The van der Waals surface area contributed by atoms with Crippen LogP contribution in [0, 0.1) is 0 Å². The topological polar surface area (TPSA) is 70.3 Å². The maximum atomic E-state index is 5.80. The molecule has 2 aromatic heterocycles. The largest absolute Gasteiger partial charge is 0.477 e. The van der Waals surface area contributed by atoms with Crippen molar-refractivity contribution >= 4 is 5.69 Å². The molecule has 0 fully saturated rings. The summed E-state index contributed by atoms with van der Waals surface area (Å²) in [6.07, 6.45) is 2.52. The predicted octanol–water partition coefficient (Wildman–Crippen LogP) is 2.47. The SMILES string of the molecule is CC(C)Oc1nc(OCCc2ccccn2)ccc1N. The van der Waals surface area contributed by atoms with Gasteiger partial charge >= 0.3 is 0 Å². The van der Waals surface area contributed by atoms with E-state index in [-0.39, 0.29) is 6.10 Å². The van der Waals surface area contributed by atoms with E-state index in [9.17, 15) is 0 Å². The van der Waals surface area contributed by atoms with E-state index >= 15 is 0 Å². The molecule has 0 unspecified atom stereocenters. The number of anilines is 1. The Kier molecular flexibility index (Phi) is 4.76. The smallest absolute Gasteiger partial charge is 0.240 e. The number of hydrogen-bond donors (Lipinski definition) is 1. The Morgan fingerprint density at radius 2 is 2.05 bits per heavy atom. The van der Waals surface area contributed by atoms with Gasteiger partial charge in [-0.05, 0) is 32.0 Å². The molecule has 20 heavy (non-hydrogen) atoms. The van der Waals surface area contributed by atoms with Crippen LogP contribution >= 0.6 is 0 Å². The molecular weight excluding hydrogens is 254 g/mol. The third-order valence-electron chi connectivity index (χ3n) is 2.55. The second-order valence-electron chi connectivity index (χ2n) is 4.63. The highest BCUT2D eigenvalue weighted by molar-refractivity contribution is 5.49. The molecule has 0 radical (unpaired) electrons. The predicted molar refractivity (Wildman–Crippen MR) is 77.8 cm³/mol. The lowest BCUT2D eigenvalue weighted by Gasteiger charge is -2.12. The molecule has 0 aliphatic heterocycles. The molecule has 0 amide bonds. The van der Waals surface area contributed by atoms with E-state index in [0.29, 0.717) is 24.1 Å². The van der Waals surface area contributed by atoms with Gasteiger partial charge in [-0.15, -0.1) is 0 Å². The summed E-state index contributed by atoms with van der Waals surface area (Å²) in [7, 11) is 0. The lowest BCUT2D eigenvalue weighted by Crippen LogP contribution is -2.10. The number of hydrogen-bond acceptors (Lipinski definition) is 5. The van der Waals surface area contributed by atoms with Crippen LogP contribution in [0.25, 0.3) is 0 Å². The quantitative estimate of drug-likeness (QED) is 0.875. The maximum Gasteiger partial charge on any atom is 0.240 e. The summed E-state index contributed by atoms with van der Waals surface area (Å²) in [5, 5.41) is 0. The third kappa shape index (κ3) is 4.12. The molecular formula is C15H19N3O2. The van der Waals surface area contributed by atoms with Crippen molar-refractivity contribution in [1.82, 2.24) is 9.97 Å². The summed E-state index contributed by atoms with van der Waals surface area (Å²) in [5.41, 5.74) is 7.30. The van der Waals surface area contributed by atoms with E-state index in [1.54, 1.807) is 18.3 Å². The molecule has 2 aromatic rings. The molecule has 5 nitrogen and oxygen atoms in total. The van der Waals surface area contributed by atoms with E-state index in [1.165, 1.54) is 0 Å².